The van der Waals surface area contributed by atoms with E-state index < -0.39 is 6.04 Å². The number of rotatable bonds is 4. The van der Waals surface area contributed by atoms with Crippen molar-refractivity contribution in [2.24, 2.45) is 5.73 Å². The van der Waals surface area contributed by atoms with Gasteiger partial charge in [0, 0.05) is 12.7 Å². The van der Waals surface area contributed by atoms with Crippen LogP contribution in [0.2, 0.25) is 0 Å². The minimum atomic E-state index is -0.607. The van der Waals surface area contributed by atoms with E-state index in [9.17, 15) is 9.90 Å². The fourth-order valence-corrected chi connectivity index (χ4v) is 2.00. The molecule has 4 heteroatoms. The first-order valence-corrected chi connectivity index (χ1v) is 6.44. The topological polar surface area (TPSA) is 66.6 Å². The van der Waals surface area contributed by atoms with Gasteiger partial charge in [0.1, 0.15) is 5.75 Å². The summed E-state index contributed by atoms with van der Waals surface area (Å²) in [7, 11) is 1.72. The second-order valence-corrected chi connectivity index (χ2v) is 4.71. The third kappa shape index (κ3) is 3.36. The molecule has 0 heterocycles. The van der Waals surface area contributed by atoms with Crippen LogP contribution in [0.15, 0.2) is 54.6 Å². The molecular weight excluding hydrogens is 252 g/mol. The van der Waals surface area contributed by atoms with Gasteiger partial charge in [-0.1, -0.05) is 30.3 Å². The fraction of sp³-hybridized carbons (Fsp3) is 0.188. The lowest BCUT2D eigenvalue weighted by Gasteiger charge is -2.21. The molecule has 0 saturated carbocycles. The zero-order valence-electron chi connectivity index (χ0n) is 11.4. The van der Waals surface area contributed by atoms with Crippen LogP contribution in [-0.4, -0.2) is 24.1 Å². The third-order valence-electron chi connectivity index (χ3n) is 3.18. The van der Waals surface area contributed by atoms with Gasteiger partial charge in [-0.3, -0.25) is 4.79 Å². The lowest BCUT2D eigenvalue weighted by Crippen LogP contribution is -2.43. The normalized spacial score (nSPS) is 11.9. The largest absolute Gasteiger partial charge is 0.508 e. The molecular formula is C16H18N2O2. The van der Waals surface area contributed by atoms with Crippen molar-refractivity contribution in [2.75, 3.05) is 11.9 Å². The van der Waals surface area contributed by atoms with Crippen LogP contribution in [0.1, 0.15) is 5.56 Å². The smallest absolute Gasteiger partial charge is 0.243 e. The van der Waals surface area contributed by atoms with Crippen molar-refractivity contribution in [3.05, 3.63) is 60.2 Å². The Balaban J connectivity index is 2.03. The summed E-state index contributed by atoms with van der Waals surface area (Å²) in [6.45, 7) is 0. The molecule has 3 N–H and O–H groups in total. The Hall–Kier alpha value is -2.33. The highest BCUT2D eigenvalue weighted by atomic mass is 16.3. The van der Waals surface area contributed by atoms with Crippen LogP contribution in [0.5, 0.6) is 5.75 Å². The molecule has 0 spiro atoms. The van der Waals surface area contributed by atoms with E-state index in [4.69, 9.17) is 5.73 Å². The number of nitrogens with zero attached hydrogens (tertiary/aromatic N) is 1. The maximum absolute atomic E-state index is 12.3. The van der Waals surface area contributed by atoms with Crippen LogP contribution in [0.25, 0.3) is 0 Å². The number of aromatic hydroxyl groups is 1. The molecule has 0 aliphatic carbocycles. The van der Waals surface area contributed by atoms with Gasteiger partial charge >= 0.3 is 0 Å². The van der Waals surface area contributed by atoms with Crippen LogP contribution in [0.3, 0.4) is 0 Å². The standard InChI is InChI=1S/C16H18N2O2/c1-18(13-5-3-2-4-6-13)16(20)15(17)11-12-7-9-14(19)10-8-12/h2-10,15,19H,11,17H2,1H3. The molecule has 1 amide bonds. The second-order valence-electron chi connectivity index (χ2n) is 4.71. The molecule has 20 heavy (non-hydrogen) atoms. The number of carbonyl (C=O) groups excluding carboxylic acids is 1. The molecule has 2 aromatic carbocycles. The quantitative estimate of drug-likeness (QED) is 0.892. The van der Waals surface area contributed by atoms with Gasteiger partial charge in [-0.2, -0.15) is 0 Å². The van der Waals surface area contributed by atoms with Gasteiger partial charge in [-0.25, -0.2) is 0 Å². The number of para-hydroxylation sites is 1. The number of nitrogens with two attached hydrogens (primary N) is 1. The summed E-state index contributed by atoms with van der Waals surface area (Å²) in [6.07, 6.45) is 0.441. The van der Waals surface area contributed by atoms with Crippen molar-refractivity contribution in [1.82, 2.24) is 0 Å². The van der Waals surface area contributed by atoms with Gasteiger partial charge < -0.3 is 15.7 Å². The van der Waals surface area contributed by atoms with E-state index in [2.05, 4.69) is 0 Å². The highest BCUT2D eigenvalue weighted by molar-refractivity contribution is 5.96. The van der Waals surface area contributed by atoms with Crippen LogP contribution in [0.4, 0.5) is 5.69 Å². The van der Waals surface area contributed by atoms with Crippen molar-refractivity contribution in [3.8, 4) is 5.75 Å². The van der Waals surface area contributed by atoms with E-state index >= 15 is 0 Å². The van der Waals surface area contributed by atoms with Gasteiger partial charge in [0.05, 0.1) is 6.04 Å². The number of hydrogen-bond donors (Lipinski definition) is 2. The lowest BCUT2D eigenvalue weighted by atomic mass is 10.1. The van der Waals surface area contributed by atoms with Crippen molar-refractivity contribution < 1.29 is 9.90 Å². The van der Waals surface area contributed by atoms with Crippen molar-refractivity contribution in [2.45, 2.75) is 12.5 Å². The minimum Gasteiger partial charge on any atom is -0.508 e. The SMILES string of the molecule is CN(C(=O)C(N)Cc1ccc(O)cc1)c1ccccc1. The van der Waals surface area contributed by atoms with Crippen LogP contribution in [0, 0.1) is 0 Å². The van der Waals surface area contributed by atoms with Gasteiger partial charge in [0.2, 0.25) is 5.91 Å². The monoisotopic (exact) mass is 270 g/mol. The summed E-state index contributed by atoms with van der Waals surface area (Å²) in [6, 6.07) is 15.5. The molecule has 2 aromatic rings. The molecule has 0 radical (unpaired) electrons. The molecule has 1 atom stereocenters. The van der Waals surface area contributed by atoms with Gasteiger partial charge in [-0.15, -0.1) is 0 Å². The maximum atomic E-state index is 12.3. The predicted molar refractivity (Wildman–Crippen MR) is 79.6 cm³/mol. The molecule has 0 aliphatic rings. The Bertz CT molecular complexity index is 567. The van der Waals surface area contributed by atoms with Gasteiger partial charge in [0.15, 0.2) is 0 Å². The number of hydrogen-bond acceptors (Lipinski definition) is 3. The third-order valence-corrected chi connectivity index (χ3v) is 3.18. The van der Waals surface area contributed by atoms with E-state index in [0.717, 1.165) is 11.3 Å². The summed E-state index contributed by atoms with van der Waals surface area (Å²) in [5.74, 6) is 0.0688. The van der Waals surface area contributed by atoms with E-state index in [0.29, 0.717) is 6.42 Å². The average molecular weight is 270 g/mol. The number of likely N-dealkylation sites (N-methyl/N-ethyl adjacent to an activating group) is 1. The number of benzene rings is 2. The van der Waals surface area contributed by atoms with E-state index in [-0.39, 0.29) is 11.7 Å². The minimum absolute atomic E-state index is 0.135. The van der Waals surface area contributed by atoms with Crippen LogP contribution < -0.4 is 10.6 Å². The number of phenolic OH excluding ortho intramolecular Hbond substituents is 1. The van der Waals surface area contributed by atoms with Crippen LogP contribution >= 0.6 is 0 Å². The molecule has 2 rings (SSSR count). The van der Waals surface area contributed by atoms with Crippen LogP contribution in [-0.2, 0) is 11.2 Å². The maximum Gasteiger partial charge on any atom is 0.243 e. The summed E-state index contributed by atoms with van der Waals surface area (Å²) in [5, 5.41) is 9.23. The number of anilines is 1. The van der Waals surface area contributed by atoms with E-state index in [1.807, 2.05) is 30.3 Å². The number of carbonyl (C=O) groups is 1. The first-order chi connectivity index (χ1) is 9.58. The Morgan fingerprint density at radius 3 is 2.35 bits per heavy atom. The number of phenols is 1. The Morgan fingerprint density at radius 1 is 1.15 bits per heavy atom. The predicted octanol–water partition coefficient (Wildman–Crippen LogP) is 1.93. The second kappa shape index (κ2) is 6.21. The summed E-state index contributed by atoms with van der Waals surface area (Å²) in [4.78, 5) is 13.8. The van der Waals surface area contributed by atoms with Gasteiger partial charge in [0.25, 0.3) is 0 Å². The van der Waals surface area contributed by atoms with Crippen molar-refractivity contribution in [1.29, 1.82) is 0 Å². The summed E-state index contributed by atoms with van der Waals surface area (Å²) in [5.41, 5.74) is 7.71. The van der Waals surface area contributed by atoms with E-state index in [1.54, 1.807) is 36.2 Å². The molecule has 0 fully saturated rings. The highest BCUT2D eigenvalue weighted by Crippen LogP contribution is 2.14. The molecule has 0 aliphatic heterocycles. The lowest BCUT2D eigenvalue weighted by molar-refractivity contribution is -0.119. The Kier molecular flexibility index (Phi) is 4.38. The molecule has 0 saturated heterocycles. The average Bonchev–Trinajstić information content (AvgIpc) is 2.49. The molecule has 104 valence electrons. The number of amides is 1. The molecule has 0 bridgehead atoms. The van der Waals surface area contributed by atoms with Gasteiger partial charge in [-0.05, 0) is 36.2 Å². The summed E-state index contributed by atoms with van der Waals surface area (Å²) < 4.78 is 0. The molecule has 0 aromatic heterocycles. The fourth-order valence-electron chi connectivity index (χ4n) is 2.00. The summed E-state index contributed by atoms with van der Waals surface area (Å²) >= 11 is 0. The molecule has 4 nitrogen and oxygen atoms in total. The van der Waals surface area contributed by atoms with E-state index in [1.165, 1.54) is 0 Å². The zero-order chi connectivity index (χ0) is 14.5. The zero-order valence-corrected chi connectivity index (χ0v) is 11.4. The first-order valence-electron chi connectivity index (χ1n) is 6.44. The van der Waals surface area contributed by atoms with Crippen molar-refractivity contribution in [3.63, 3.8) is 0 Å². The first kappa shape index (κ1) is 14.1. The Labute approximate surface area is 118 Å². The van der Waals surface area contributed by atoms with Crippen molar-refractivity contribution >= 4 is 11.6 Å². The molecule has 1 unspecified atom stereocenters. The highest BCUT2D eigenvalue weighted by Gasteiger charge is 2.19. The Morgan fingerprint density at radius 2 is 1.75 bits per heavy atom.